The van der Waals surface area contributed by atoms with Crippen LogP contribution < -0.4 is 11.5 Å². The van der Waals surface area contributed by atoms with Gasteiger partial charge in [-0.15, -0.1) is 0 Å². The average molecular weight is 323 g/mol. The molecule has 2 unspecified atom stereocenters. The van der Waals surface area contributed by atoms with E-state index < -0.39 is 6.17 Å². The van der Waals surface area contributed by atoms with Crippen LogP contribution in [0, 0.1) is 0 Å². The van der Waals surface area contributed by atoms with Crippen molar-refractivity contribution in [1.82, 2.24) is 15.0 Å². The topological polar surface area (TPSA) is 90.7 Å². The molecule has 1 aliphatic carbocycles. The summed E-state index contributed by atoms with van der Waals surface area (Å²) < 4.78 is 13.3. The van der Waals surface area contributed by atoms with Gasteiger partial charge in [-0.1, -0.05) is 6.92 Å². The van der Waals surface area contributed by atoms with Gasteiger partial charge in [0.05, 0.1) is 16.9 Å². The van der Waals surface area contributed by atoms with Gasteiger partial charge < -0.3 is 11.5 Å². The number of halogens is 1. The predicted octanol–water partition coefficient (Wildman–Crippen LogP) is 3.24. The van der Waals surface area contributed by atoms with Crippen molar-refractivity contribution in [2.45, 2.75) is 31.9 Å². The van der Waals surface area contributed by atoms with Crippen LogP contribution in [0.5, 0.6) is 0 Å². The molecule has 4 N–H and O–H groups in total. The Morgan fingerprint density at radius 3 is 2.67 bits per heavy atom. The fraction of sp³-hybridized carbons (Fsp3) is 0.278. The summed E-state index contributed by atoms with van der Waals surface area (Å²) in [7, 11) is 0. The van der Waals surface area contributed by atoms with Crippen LogP contribution in [0.25, 0.3) is 22.3 Å². The third-order valence-electron chi connectivity index (χ3n) is 4.50. The molecule has 0 saturated heterocycles. The number of pyridine rings is 3. The van der Waals surface area contributed by atoms with Gasteiger partial charge >= 0.3 is 0 Å². The Balaban J connectivity index is 1.87. The summed E-state index contributed by atoms with van der Waals surface area (Å²) in [5.74, 6) is 0.425. The second-order valence-electron chi connectivity index (χ2n) is 6.21. The Morgan fingerprint density at radius 2 is 1.96 bits per heavy atom. The van der Waals surface area contributed by atoms with Crippen LogP contribution in [0.3, 0.4) is 0 Å². The lowest BCUT2D eigenvalue weighted by molar-refractivity contribution is 0.468. The second-order valence-corrected chi connectivity index (χ2v) is 6.21. The molecule has 0 radical (unpaired) electrons. The highest BCUT2D eigenvalue weighted by atomic mass is 19.1. The number of aromatic nitrogens is 3. The van der Waals surface area contributed by atoms with Crippen molar-refractivity contribution in [2.75, 3.05) is 11.5 Å². The van der Waals surface area contributed by atoms with E-state index >= 15 is 0 Å². The minimum absolute atomic E-state index is 0.0574. The summed E-state index contributed by atoms with van der Waals surface area (Å²) in [6, 6.07) is 5.54. The van der Waals surface area contributed by atoms with Crippen molar-refractivity contribution in [3.63, 3.8) is 0 Å². The van der Waals surface area contributed by atoms with Gasteiger partial charge in [0, 0.05) is 23.9 Å². The number of hydrogen-bond acceptors (Lipinski definition) is 5. The highest BCUT2D eigenvalue weighted by molar-refractivity contribution is 5.90. The van der Waals surface area contributed by atoms with Gasteiger partial charge in [-0.2, -0.15) is 0 Å². The zero-order valence-electron chi connectivity index (χ0n) is 13.3. The number of nitrogens with zero attached hydrogens (tertiary/aromatic N) is 3. The van der Waals surface area contributed by atoms with E-state index in [1.165, 1.54) is 0 Å². The third kappa shape index (κ3) is 2.44. The smallest absolute Gasteiger partial charge is 0.123 e. The molecule has 5 nitrogen and oxygen atoms in total. The van der Waals surface area contributed by atoms with E-state index in [0.717, 1.165) is 28.8 Å². The summed E-state index contributed by atoms with van der Waals surface area (Å²) in [6.45, 7) is 2.05. The monoisotopic (exact) mass is 323 g/mol. The summed E-state index contributed by atoms with van der Waals surface area (Å²) in [5, 5.41) is 0. The lowest BCUT2D eigenvalue weighted by Gasteiger charge is -2.11. The van der Waals surface area contributed by atoms with E-state index in [1.54, 1.807) is 18.5 Å². The lowest BCUT2D eigenvalue weighted by atomic mass is 10.0. The van der Waals surface area contributed by atoms with Gasteiger partial charge in [0.2, 0.25) is 0 Å². The molecule has 0 aromatic carbocycles. The molecule has 0 bridgehead atoms. The Hall–Kier alpha value is -2.76. The molecule has 4 rings (SSSR count). The minimum atomic E-state index is -0.766. The predicted molar refractivity (Wildman–Crippen MR) is 93.2 cm³/mol. The van der Waals surface area contributed by atoms with Gasteiger partial charge in [0.15, 0.2) is 0 Å². The molecule has 1 aliphatic rings. The second kappa shape index (κ2) is 5.40. The van der Waals surface area contributed by atoms with Crippen LogP contribution >= 0.6 is 0 Å². The van der Waals surface area contributed by atoms with Gasteiger partial charge in [0.1, 0.15) is 17.5 Å². The van der Waals surface area contributed by atoms with E-state index in [9.17, 15) is 4.39 Å². The summed E-state index contributed by atoms with van der Waals surface area (Å²) >= 11 is 0. The third-order valence-corrected chi connectivity index (χ3v) is 4.50. The van der Waals surface area contributed by atoms with Crippen molar-refractivity contribution in [3.8, 4) is 11.3 Å². The van der Waals surface area contributed by atoms with Gasteiger partial charge in [-0.25, -0.2) is 14.4 Å². The minimum Gasteiger partial charge on any atom is -0.397 e. The van der Waals surface area contributed by atoms with E-state index in [4.69, 9.17) is 16.5 Å². The van der Waals surface area contributed by atoms with Crippen molar-refractivity contribution in [2.24, 2.45) is 0 Å². The van der Waals surface area contributed by atoms with Crippen LogP contribution in [0.2, 0.25) is 0 Å². The Morgan fingerprint density at radius 1 is 1.17 bits per heavy atom. The zero-order chi connectivity index (χ0) is 16.8. The van der Waals surface area contributed by atoms with Crippen molar-refractivity contribution in [3.05, 3.63) is 41.7 Å². The first-order valence-corrected chi connectivity index (χ1v) is 8.01. The molecule has 1 saturated carbocycles. The quantitative estimate of drug-likeness (QED) is 0.772. The molecule has 2 atom stereocenters. The van der Waals surface area contributed by atoms with Gasteiger partial charge in [-0.05, 0) is 42.2 Å². The first-order valence-electron chi connectivity index (χ1n) is 8.01. The van der Waals surface area contributed by atoms with Crippen molar-refractivity contribution >= 4 is 22.5 Å². The van der Waals surface area contributed by atoms with E-state index in [-0.39, 0.29) is 5.92 Å². The number of fused-ring (bicyclic) bond motifs is 1. The van der Waals surface area contributed by atoms with E-state index in [2.05, 4.69) is 16.9 Å². The summed E-state index contributed by atoms with van der Waals surface area (Å²) in [4.78, 5) is 13.2. The lowest BCUT2D eigenvalue weighted by Crippen LogP contribution is -2.00. The molecular weight excluding hydrogens is 305 g/mol. The summed E-state index contributed by atoms with van der Waals surface area (Å²) in [6.07, 6.45) is 4.03. The first kappa shape index (κ1) is 14.8. The first-order chi connectivity index (χ1) is 11.6. The number of hydrogen-bond donors (Lipinski definition) is 2. The van der Waals surface area contributed by atoms with Crippen LogP contribution in [0.4, 0.5) is 15.9 Å². The molecule has 122 valence electrons. The van der Waals surface area contributed by atoms with Crippen LogP contribution in [0.15, 0.2) is 30.6 Å². The zero-order valence-corrected chi connectivity index (χ0v) is 13.3. The SMILES string of the molecule is CCc1cc(N)ncc1-c1cc(N)c2ncc(C3CC3F)cc2n1. The van der Waals surface area contributed by atoms with Crippen molar-refractivity contribution < 1.29 is 4.39 Å². The normalized spacial score (nSPS) is 19.6. The molecule has 3 aromatic rings. The van der Waals surface area contributed by atoms with Gasteiger partial charge in [-0.3, -0.25) is 4.98 Å². The van der Waals surface area contributed by atoms with Crippen LogP contribution in [-0.2, 0) is 6.42 Å². The number of alkyl halides is 1. The van der Waals surface area contributed by atoms with E-state index in [1.807, 2.05) is 12.1 Å². The Kier molecular flexibility index (Phi) is 3.33. The highest BCUT2D eigenvalue weighted by Gasteiger charge is 2.39. The molecule has 0 spiro atoms. The van der Waals surface area contributed by atoms with Crippen molar-refractivity contribution in [1.29, 1.82) is 0 Å². The van der Waals surface area contributed by atoms with Crippen LogP contribution in [-0.4, -0.2) is 21.1 Å². The number of aryl methyl sites for hydroxylation is 1. The fourth-order valence-corrected chi connectivity index (χ4v) is 3.04. The number of anilines is 2. The molecule has 6 heteroatoms. The van der Waals surface area contributed by atoms with Crippen LogP contribution in [0.1, 0.15) is 30.4 Å². The molecule has 0 amide bonds. The molecule has 0 aliphatic heterocycles. The molecule has 1 fully saturated rings. The Labute approximate surface area is 138 Å². The fourth-order valence-electron chi connectivity index (χ4n) is 3.04. The number of nitrogen functional groups attached to an aromatic ring is 2. The average Bonchev–Trinajstić information content (AvgIpc) is 3.31. The molecule has 24 heavy (non-hydrogen) atoms. The maximum Gasteiger partial charge on any atom is 0.123 e. The highest BCUT2D eigenvalue weighted by Crippen LogP contribution is 2.44. The maximum atomic E-state index is 13.3. The standard InChI is InChI=1S/C18H18FN5/c1-2-9-4-17(21)22-8-12(9)15-6-14(20)18-16(24-15)3-10(7-23-18)11-5-13(11)19/h3-4,6-8,11,13H,2,5H2,1H3,(H2,20,24)(H2,21,22). The molecule has 3 aromatic heterocycles. The maximum absolute atomic E-state index is 13.3. The summed E-state index contributed by atoms with van der Waals surface area (Å²) in [5.41, 5.74) is 17.4. The van der Waals surface area contributed by atoms with E-state index in [0.29, 0.717) is 29.0 Å². The molecule has 3 heterocycles. The largest absolute Gasteiger partial charge is 0.397 e. The number of rotatable bonds is 3. The number of nitrogens with two attached hydrogens (primary N) is 2. The van der Waals surface area contributed by atoms with Gasteiger partial charge in [0.25, 0.3) is 0 Å². The molecular formula is C18H18FN5. The Bertz CT molecular complexity index is 940.